The predicted octanol–water partition coefficient (Wildman–Crippen LogP) is 5.35. The Morgan fingerprint density at radius 2 is 1.85 bits per heavy atom. The van der Waals surface area contributed by atoms with Crippen molar-refractivity contribution in [3.63, 3.8) is 0 Å². The Hall–Kier alpha value is -3.38. The normalized spacial score (nSPS) is 11.0. The van der Waals surface area contributed by atoms with Crippen molar-refractivity contribution < 1.29 is 9.59 Å². The number of benzene rings is 2. The number of rotatable bonds is 5. The summed E-state index contributed by atoms with van der Waals surface area (Å²) < 4.78 is 1.34. The van der Waals surface area contributed by atoms with E-state index in [0.717, 1.165) is 21.4 Å². The van der Waals surface area contributed by atoms with Gasteiger partial charge in [-0.05, 0) is 29.5 Å². The molecule has 13 heteroatoms. The first-order valence-corrected chi connectivity index (χ1v) is 11.7. The number of nitrogens with zero attached hydrogens (tertiary/aromatic N) is 4. The van der Waals surface area contributed by atoms with Gasteiger partial charge < -0.3 is 5.32 Å². The predicted molar refractivity (Wildman–Crippen MR) is 129 cm³/mol. The first-order chi connectivity index (χ1) is 16.0. The van der Waals surface area contributed by atoms with E-state index in [2.05, 4.69) is 36.2 Å². The van der Waals surface area contributed by atoms with Crippen LogP contribution in [0.4, 0.5) is 10.8 Å². The van der Waals surface area contributed by atoms with Crippen molar-refractivity contribution in [1.82, 2.24) is 25.6 Å². The first-order valence-electron chi connectivity index (χ1n) is 9.28. The third-order valence-corrected chi connectivity index (χ3v) is 7.26. The van der Waals surface area contributed by atoms with E-state index < -0.39 is 11.8 Å². The topological polar surface area (TPSA) is 126 Å². The number of anilines is 2. The molecule has 5 aromatic rings. The lowest BCUT2D eigenvalue weighted by atomic mass is 10.1. The third kappa shape index (κ3) is 4.31. The molecule has 3 aromatic heterocycles. The first kappa shape index (κ1) is 21.5. The number of halogens is 2. The zero-order valence-corrected chi connectivity index (χ0v) is 19.4. The molecule has 164 valence electrons. The molecule has 0 fully saturated rings. The summed E-state index contributed by atoms with van der Waals surface area (Å²) in [5, 5.41) is 20.9. The van der Waals surface area contributed by atoms with Gasteiger partial charge in [0.25, 0.3) is 11.8 Å². The second-order valence-corrected chi connectivity index (χ2v) is 9.71. The molecule has 5 rings (SSSR count). The minimum Gasteiger partial charge on any atom is -0.321 e. The summed E-state index contributed by atoms with van der Waals surface area (Å²) in [7, 11) is 0. The van der Waals surface area contributed by atoms with Crippen LogP contribution in [0.1, 0.15) is 20.0 Å². The molecule has 0 bridgehead atoms. The van der Waals surface area contributed by atoms with Crippen LogP contribution >= 0.6 is 45.9 Å². The number of hydrogen-bond donors (Lipinski definition) is 3. The minimum absolute atomic E-state index is 0.256. The molecule has 0 aliphatic rings. The highest BCUT2D eigenvalue weighted by Crippen LogP contribution is 2.36. The van der Waals surface area contributed by atoms with Crippen LogP contribution in [0, 0.1) is 0 Å². The lowest BCUT2D eigenvalue weighted by molar-refractivity contribution is 0.101. The fourth-order valence-electron chi connectivity index (χ4n) is 3.08. The number of aromatic nitrogens is 5. The van der Waals surface area contributed by atoms with Crippen LogP contribution < -0.4 is 10.6 Å². The highest BCUT2D eigenvalue weighted by Gasteiger charge is 2.21. The summed E-state index contributed by atoms with van der Waals surface area (Å²) in [4.78, 5) is 30.2. The van der Waals surface area contributed by atoms with E-state index in [0.29, 0.717) is 30.6 Å². The molecular weight excluding hydrogens is 505 g/mol. The molecule has 9 nitrogen and oxygen atoms in total. The van der Waals surface area contributed by atoms with Gasteiger partial charge in [-0.3, -0.25) is 14.9 Å². The van der Waals surface area contributed by atoms with E-state index in [1.807, 2.05) is 24.3 Å². The Kier molecular flexibility index (Phi) is 5.77. The number of amides is 2. The van der Waals surface area contributed by atoms with Gasteiger partial charge in [-0.15, -0.1) is 21.5 Å². The van der Waals surface area contributed by atoms with Crippen molar-refractivity contribution in [2.45, 2.75) is 0 Å². The summed E-state index contributed by atoms with van der Waals surface area (Å²) in [6.45, 7) is 0. The molecular formula is C20H11Cl2N7O2S2. The van der Waals surface area contributed by atoms with Gasteiger partial charge in [0.2, 0.25) is 5.82 Å². The Bertz CT molecular complexity index is 1500. The third-order valence-electron chi connectivity index (χ3n) is 4.56. The highest BCUT2D eigenvalue weighted by molar-refractivity contribution is 7.21. The smallest absolute Gasteiger partial charge is 0.267 e. The maximum Gasteiger partial charge on any atom is 0.267 e. The Morgan fingerprint density at radius 3 is 2.58 bits per heavy atom. The molecule has 0 radical (unpaired) electrons. The lowest BCUT2D eigenvalue weighted by Crippen LogP contribution is -2.15. The number of thiazole rings is 1. The fourth-order valence-corrected chi connectivity index (χ4v) is 5.30. The van der Waals surface area contributed by atoms with E-state index >= 15 is 0 Å². The summed E-state index contributed by atoms with van der Waals surface area (Å²) in [6.07, 6.45) is 1.45. The molecule has 0 aliphatic heterocycles. The van der Waals surface area contributed by atoms with E-state index in [9.17, 15) is 9.59 Å². The van der Waals surface area contributed by atoms with Crippen molar-refractivity contribution in [1.29, 1.82) is 0 Å². The molecule has 0 saturated heterocycles. The summed E-state index contributed by atoms with van der Waals surface area (Å²) in [5.41, 5.74) is 1.08. The van der Waals surface area contributed by atoms with Crippen LogP contribution in [0.2, 0.25) is 9.36 Å². The Balaban J connectivity index is 1.49. The Morgan fingerprint density at radius 1 is 1.00 bits per heavy atom. The average Bonchev–Trinajstić information content (AvgIpc) is 3.55. The largest absolute Gasteiger partial charge is 0.321 e. The van der Waals surface area contributed by atoms with Crippen molar-refractivity contribution in [3.8, 4) is 11.4 Å². The number of nitrogens with one attached hydrogen (secondary N) is 3. The van der Waals surface area contributed by atoms with Gasteiger partial charge in [0, 0.05) is 21.2 Å². The molecule has 2 aromatic carbocycles. The molecule has 0 aliphatic carbocycles. The fraction of sp³-hybridized carbons (Fsp3) is 0. The van der Waals surface area contributed by atoms with E-state index in [1.165, 1.54) is 23.6 Å². The molecule has 0 spiro atoms. The van der Waals surface area contributed by atoms with Crippen LogP contribution in [-0.2, 0) is 0 Å². The molecule has 33 heavy (non-hydrogen) atoms. The Labute approximate surface area is 203 Å². The van der Waals surface area contributed by atoms with Crippen LogP contribution in [0.25, 0.3) is 21.5 Å². The minimum atomic E-state index is -0.421. The van der Waals surface area contributed by atoms with Gasteiger partial charge >= 0.3 is 0 Å². The van der Waals surface area contributed by atoms with Crippen LogP contribution in [-0.4, -0.2) is 37.4 Å². The number of thiophene rings is 1. The monoisotopic (exact) mass is 515 g/mol. The zero-order chi connectivity index (χ0) is 22.9. The number of H-pyrrole nitrogens is 1. The van der Waals surface area contributed by atoms with Gasteiger partial charge in [-0.25, -0.2) is 4.98 Å². The maximum absolute atomic E-state index is 13.1. The van der Waals surface area contributed by atoms with Gasteiger partial charge in [-0.1, -0.05) is 52.7 Å². The lowest BCUT2D eigenvalue weighted by Gasteiger charge is -2.11. The van der Waals surface area contributed by atoms with Crippen molar-refractivity contribution in [3.05, 3.63) is 68.5 Å². The molecule has 0 atom stereocenters. The van der Waals surface area contributed by atoms with Crippen molar-refractivity contribution >= 4 is 78.6 Å². The van der Waals surface area contributed by atoms with Crippen LogP contribution in [0.3, 0.4) is 0 Å². The highest BCUT2D eigenvalue weighted by atomic mass is 35.5. The number of tetrazole rings is 1. The second-order valence-electron chi connectivity index (χ2n) is 6.61. The molecule has 2 amide bonds. The number of carbonyl (C=O) groups is 2. The number of fused-ring (bicyclic) bond motifs is 1. The average molecular weight is 516 g/mol. The second kappa shape index (κ2) is 8.87. The zero-order valence-electron chi connectivity index (χ0n) is 16.3. The van der Waals surface area contributed by atoms with Gasteiger partial charge in [0.15, 0.2) is 5.13 Å². The SMILES string of the molecule is O=C(Nc1ncc(Cl)s1)c1ccc(-c2nn[nH]n2)c(NC(=O)c2sc3ccccc3c2Cl)c1. The van der Waals surface area contributed by atoms with Gasteiger partial charge in [-0.2, -0.15) is 5.21 Å². The number of carbonyl (C=O) groups excluding carboxylic acids is 2. The summed E-state index contributed by atoms with van der Waals surface area (Å²) in [5.74, 6) is -0.585. The summed E-state index contributed by atoms with van der Waals surface area (Å²) in [6, 6.07) is 12.2. The van der Waals surface area contributed by atoms with Crippen molar-refractivity contribution in [2.24, 2.45) is 0 Å². The number of aromatic amines is 1. The maximum atomic E-state index is 13.1. The van der Waals surface area contributed by atoms with Crippen LogP contribution in [0.15, 0.2) is 48.7 Å². The quantitative estimate of drug-likeness (QED) is 0.289. The van der Waals surface area contributed by atoms with Gasteiger partial charge in [0.05, 0.1) is 16.9 Å². The molecule has 3 heterocycles. The molecule has 3 N–H and O–H groups in total. The van der Waals surface area contributed by atoms with Crippen LogP contribution in [0.5, 0.6) is 0 Å². The van der Waals surface area contributed by atoms with Crippen molar-refractivity contribution in [2.75, 3.05) is 10.6 Å². The molecule has 0 saturated carbocycles. The number of hydrogen-bond acceptors (Lipinski definition) is 8. The van der Waals surface area contributed by atoms with E-state index in [4.69, 9.17) is 23.2 Å². The summed E-state index contributed by atoms with van der Waals surface area (Å²) >= 11 is 14.7. The standard InChI is InChI=1S/C20H11Cl2N7O2S2/c21-14-8-23-20(33-14)25-18(30)9-5-6-10(17-26-28-29-27-17)12(7-9)24-19(31)16-15(22)11-3-1-2-4-13(11)32-16/h1-8H,(H,24,31)(H,23,25,30)(H,26,27,28,29). The van der Waals surface area contributed by atoms with Gasteiger partial charge in [0.1, 0.15) is 9.21 Å². The van der Waals surface area contributed by atoms with E-state index in [-0.39, 0.29) is 11.4 Å². The van der Waals surface area contributed by atoms with E-state index in [1.54, 1.807) is 12.1 Å². The molecule has 0 unspecified atom stereocenters.